The predicted octanol–water partition coefficient (Wildman–Crippen LogP) is 5.30. The van der Waals surface area contributed by atoms with E-state index in [0.717, 1.165) is 35.8 Å². The summed E-state index contributed by atoms with van der Waals surface area (Å²) in [4.78, 5) is 3.72. The number of alkyl halides is 1. The minimum atomic E-state index is -3.70. The summed E-state index contributed by atoms with van der Waals surface area (Å²) in [7, 11) is -3.70. The van der Waals surface area contributed by atoms with Crippen molar-refractivity contribution < 1.29 is 8.42 Å². The van der Waals surface area contributed by atoms with Crippen LogP contribution in [0.2, 0.25) is 0 Å². The number of halogens is 1. The van der Waals surface area contributed by atoms with Gasteiger partial charge in [-0.2, -0.15) is 0 Å². The summed E-state index contributed by atoms with van der Waals surface area (Å²) in [6.45, 7) is 9.14. The Labute approximate surface area is 158 Å². The monoisotopic (exact) mass is 386 g/mol. The van der Waals surface area contributed by atoms with Crippen molar-refractivity contribution in [3.8, 4) is 0 Å². The second-order valence-corrected chi connectivity index (χ2v) is 8.42. The standard InChI is InChI=1S/C20H19ClN2O2S/c1-15-6-9-18(10-7-15)26(24,25)23-14-16(5-3-4-12-21)19-13-17(22-2)8-11-20(19)23/h6-11,13-14H,3-5,12H2,1H3. The molecule has 0 aliphatic carbocycles. The molecule has 26 heavy (non-hydrogen) atoms. The normalized spacial score (nSPS) is 11.6. The zero-order valence-electron chi connectivity index (χ0n) is 14.4. The molecule has 0 atom stereocenters. The molecule has 0 spiro atoms. The summed E-state index contributed by atoms with van der Waals surface area (Å²) in [6, 6.07) is 11.9. The Kier molecular flexibility index (Phi) is 5.36. The lowest BCUT2D eigenvalue weighted by atomic mass is 10.1. The van der Waals surface area contributed by atoms with Gasteiger partial charge in [-0.05, 0) is 61.4 Å². The van der Waals surface area contributed by atoms with Crippen LogP contribution in [0.15, 0.2) is 53.6 Å². The highest BCUT2D eigenvalue weighted by atomic mass is 35.5. The number of fused-ring (bicyclic) bond motifs is 1. The minimum absolute atomic E-state index is 0.251. The first-order chi connectivity index (χ1) is 12.5. The summed E-state index contributed by atoms with van der Waals surface area (Å²) >= 11 is 5.76. The Morgan fingerprint density at radius 2 is 1.85 bits per heavy atom. The highest BCUT2D eigenvalue weighted by Gasteiger charge is 2.21. The van der Waals surface area contributed by atoms with Crippen LogP contribution in [0.3, 0.4) is 0 Å². The van der Waals surface area contributed by atoms with E-state index in [1.54, 1.807) is 48.7 Å². The van der Waals surface area contributed by atoms with Gasteiger partial charge in [-0.15, -0.1) is 11.6 Å². The van der Waals surface area contributed by atoms with Crippen molar-refractivity contribution in [2.45, 2.75) is 31.1 Å². The molecule has 0 N–H and O–H groups in total. The molecular weight excluding hydrogens is 368 g/mol. The van der Waals surface area contributed by atoms with Gasteiger partial charge in [-0.25, -0.2) is 17.2 Å². The molecule has 3 rings (SSSR count). The van der Waals surface area contributed by atoms with Crippen LogP contribution < -0.4 is 0 Å². The van der Waals surface area contributed by atoms with E-state index in [1.807, 2.05) is 6.92 Å². The molecule has 0 bridgehead atoms. The van der Waals surface area contributed by atoms with Crippen molar-refractivity contribution in [3.05, 3.63) is 71.2 Å². The zero-order valence-corrected chi connectivity index (χ0v) is 16.0. The fraction of sp³-hybridized carbons (Fsp3) is 0.250. The molecule has 0 saturated carbocycles. The lowest BCUT2D eigenvalue weighted by molar-refractivity contribution is 0.589. The lowest BCUT2D eigenvalue weighted by Crippen LogP contribution is -2.11. The van der Waals surface area contributed by atoms with E-state index in [0.29, 0.717) is 17.1 Å². The van der Waals surface area contributed by atoms with E-state index in [1.165, 1.54) is 3.97 Å². The Morgan fingerprint density at radius 1 is 1.12 bits per heavy atom. The molecule has 0 radical (unpaired) electrons. The number of hydrogen-bond donors (Lipinski definition) is 0. The van der Waals surface area contributed by atoms with Gasteiger partial charge in [0.25, 0.3) is 10.0 Å². The number of benzene rings is 2. The smallest absolute Gasteiger partial charge is 0.241 e. The maximum atomic E-state index is 13.1. The quantitative estimate of drug-likeness (QED) is 0.328. The van der Waals surface area contributed by atoms with Crippen LogP contribution in [0.25, 0.3) is 15.7 Å². The van der Waals surface area contributed by atoms with Crippen molar-refractivity contribution in [1.29, 1.82) is 0 Å². The molecule has 6 heteroatoms. The SMILES string of the molecule is [C-]#[N+]c1ccc2c(c1)c(CCCCCl)cn2S(=O)(=O)c1ccc(C)cc1. The van der Waals surface area contributed by atoms with Crippen molar-refractivity contribution in [1.82, 2.24) is 3.97 Å². The average Bonchev–Trinajstić information content (AvgIpc) is 3.01. The van der Waals surface area contributed by atoms with Crippen LogP contribution >= 0.6 is 11.6 Å². The first kappa shape index (κ1) is 18.5. The molecule has 1 heterocycles. The van der Waals surface area contributed by atoms with Crippen molar-refractivity contribution in [2.75, 3.05) is 5.88 Å². The van der Waals surface area contributed by atoms with Crippen LogP contribution in [-0.4, -0.2) is 18.3 Å². The van der Waals surface area contributed by atoms with Crippen LogP contribution in [-0.2, 0) is 16.4 Å². The first-order valence-electron chi connectivity index (χ1n) is 8.37. The second-order valence-electron chi connectivity index (χ2n) is 6.23. The van der Waals surface area contributed by atoms with Gasteiger partial charge in [0, 0.05) is 12.1 Å². The Bertz CT molecular complexity index is 1080. The molecule has 3 aromatic rings. The molecular formula is C20H19ClN2O2S. The molecule has 0 fully saturated rings. The third kappa shape index (κ3) is 3.48. The molecule has 0 amide bonds. The van der Waals surface area contributed by atoms with Gasteiger partial charge in [0.2, 0.25) is 0 Å². The average molecular weight is 387 g/mol. The highest BCUT2D eigenvalue weighted by molar-refractivity contribution is 7.90. The van der Waals surface area contributed by atoms with E-state index in [4.69, 9.17) is 18.2 Å². The summed E-state index contributed by atoms with van der Waals surface area (Å²) in [6.07, 6.45) is 4.14. The zero-order chi connectivity index (χ0) is 18.7. The minimum Gasteiger partial charge on any atom is -0.241 e. The van der Waals surface area contributed by atoms with Gasteiger partial charge in [0.1, 0.15) is 0 Å². The van der Waals surface area contributed by atoms with Gasteiger partial charge in [0.05, 0.1) is 17.0 Å². The van der Waals surface area contributed by atoms with Gasteiger partial charge < -0.3 is 0 Å². The predicted molar refractivity (Wildman–Crippen MR) is 106 cm³/mol. The first-order valence-corrected chi connectivity index (χ1v) is 10.3. The maximum absolute atomic E-state index is 13.1. The summed E-state index contributed by atoms with van der Waals surface area (Å²) < 4.78 is 27.6. The van der Waals surface area contributed by atoms with E-state index in [9.17, 15) is 8.42 Å². The highest BCUT2D eigenvalue weighted by Crippen LogP contribution is 2.30. The third-order valence-corrected chi connectivity index (χ3v) is 6.33. The molecule has 1 aromatic heterocycles. The number of unbranched alkanes of at least 4 members (excludes halogenated alkanes) is 1. The number of aromatic nitrogens is 1. The number of rotatable bonds is 6. The van der Waals surface area contributed by atoms with Crippen molar-refractivity contribution in [3.63, 3.8) is 0 Å². The fourth-order valence-corrected chi connectivity index (χ4v) is 4.54. The van der Waals surface area contributed by atoms with E-state index < -0.39 is 10.0 Å². The van der Waals surface area contributed by atoms with Gasteiger partial charge in [0.15, 0.2) is 5.69 Å². The Hall–Kier alpha value is -2.29. The molecule has 134 valence electrons. The number of hydrogen-bond acceptors (Lipinski definition) is 2. The van der Waals surface area contributed by atoms with Crippen molar-refractivity contribution in [2.24, 2.45) is 0 Å². The summed E-state index contributed by atoms with van der Waals surface area (Å²) in [5.41, 5.74) is 3.02. The van der Waals surface area contributed by atoms with E-state index >= 15 is 0 Å². The largest absolute Gasteiger partial charge is 0.268 e. The Balaban J connectivity index is 2.16. The fourth-order valence-electron chi connectivity index (χ4n) is 2.96. The lowest BCUT2D eigenvalue weighted by Gasteiger charge is -2.08. The summed E-state index contributed by atoms with van der Waals surface area (Å²) in [5, 5.41) is 0.809. The van der Waals surface area contributed by atoms with E-state index in [-0.39, 0.29) is 4.90 Å². The second kappa shape index (κ2) is 7.53. The molecule has 2 aromatic carbocycles. The van der Waals surface area contributed by atoms with Crippen LogP contribution in [0.5, 0.6) is 0 Å². The van der Waals surface area contributed by atoms with Gasteiger partial charge >= 0.3 is 0 Å². The van der Waals surface area contributed by atoms with Gasteiger partial charge in [-0.1, -0.05) is 23.8 Å². The van der Waals surface area contributed by atoms with Crippen molar-refractivity contribution >= 4 is 38.2 Å². The van der Waals surface area contributed by atoms with E-state index in [2.05, 4.69) is 4.85 Å². The molecule has 0 saturated heterocycles. The molecule has 0 aliphatic rings. The molecule has 0 unspecified atom stereocenters. The summed E-state index contributed by atoms with van der Waals surface area (Å²) in [5.74, 6) is 0.577. The Morgan fingerprint density at radius 3 is 2.50 bits per heavy atom. The number of nitrogens with zero attached hydrogens (tertiary/aromatic N) is 2. The van der Waals surface area contributed by atoms with Crippen LogP contribution in [0.1, 0.15) is 24.0 Å². The van der Waals surface area contributed by atoms with Crippen LogP contribution in [0.4, 0.5) is 5.69 Å². The molecule has 4 nitrogen and oxygen atoms in total. The molecule has 0 aliphatic heterocycles. The number of aryl methyl sites for hydroxylation is 2. The van der Waals surface area contributed by atoms with Crippen LogP contribution in [0, 0.1) is 13.5 Å². The maximum Gasteiger partial charge on any atom is 0.268 e. The topological polar surface area (TPSA) is 43.4 Å². The third-order valence-electron chi connectivity index (χ3n) is 4.37. The van der Waals surface area contributed by atoms with Gasteiger partial charge in [-0.3, -0.25) is 0 Å².